The first-order valence-corrected chi connectivity index (χ1v) is 11.5. The van der Waals surface area contributed by atoms with Crippen LogP contribution in [-0.4, -0.2) is 66.9 Å². The van der Waals surface area contributed by atoms with Gasteiger partial charge in [-0.2, -0.15) is 4.31 Å². The van der Waals surface area contributed by atoms with Gasteiger partial charge in [-0.3, -0.25) is 14.5 Å². The second kappa shape index (κ2) is 8.83. The summed E-state index contributed by atoms with van der Waals surface area (Å²) in [7, 11) is -3.72. The van der Waals surface area contributed by atoms with E-state index in [4.69, 9.17) is 16.3 Å². The van der Waals surface area contributed by atoms with E-state index in [0.717, 1.165) is 5.75 Å². The van der Waals surface area contributed by atoms with Gasteiger partial charge in [-0.1, -0.05) is 11.6 Å². The summed E-state index contributed by atoms with van der Waals surface area (Å²) in [6.45, 7) is 3.04. The molecule has 2 heterocycles. The van der Waals surface area contributed by atoms with E-state index >= 15 is 0 Å². The Hall–Kier alpha value is -2.66. The second-order valence-corrected chi connectivity index (χ2v) is 9.54. The number of piperazine rings is 1. The number of hydrogen-bond donors (Lipinski definition) is 2. The predicted octanol–water partition coefficient (Wildman–Crippen LogP) is 1.26. The van der Waals surface area contributed by atoms with E-state index in [2.05, 4.69) is 14.9 Å². The predicted molar refractivity (Wildman–Crippen MR) is 117 cm³/mol. The summed E-state index contributed by atoms with van der Waals surface area (Å²) in [5, 5.41) is 0.649. The topological polar surface area (TPSA) is 116 Å². The van der Waals surface area contributed by atoms with E-state index in [1.54, 1.807) is 24.3 Å². The van der Waals surface area contributed by atoms with Crippen LogP contribution in [0.5, 0.6) is 5.75 Å². The highest BCUT2D eigenvalue weighted by Crippen LogP contribution is 2.20. The average molecular weight is 465 g/mol. The number of halogens is 1. The number of rotatable bonds is 6. The van der Waals surface area contributed by atoms with Crippen molar-refractivity contribution >= 4 is 32.7 Å². The first-order valence-electron chi connectivity index (χ1n) is 9.70. The van der Waals surface area contributed by atoms with E-state index in [1.165, 1.54) is 22.5 Å². The Kier molecular flexibility index (Phi) is 6.15. The number of hydrogen-bond acceptors (Lipinski definition) is 6. The fourth-order valence-corrected chi connectivity index (χ4v) is 5.00. The lowest BCUT2D eigenvalue weighted by Crippen LogP contribution is -2.49. The van der Waals surface area contributed by atoms with Crippen LogP contribution in [0.2, 0.25) is 5.02 Å². The molecule has 11 heteroatoms. The van der Waals surface area contributed by atoms with Gasteiger partial charge in [0, 0.05) is 37.7 Å². The summed E-state index contributed by atoms with van der Waals surface area (Å²) < 4.78 is 33.2. The molecular weight excluding hydrogens is 444 g/mol. The van der Waals surface area contributed by atoms with E-state index < -0.39 is 21.1 Å². The van der Waals surface area contributed by atoms with Gasteiger partial charge >= 0.3 is 11.1 Å². The molecule has 2 N–H and O–H groups in total. The van der Waals surface area contributed by atoms with Crippen molar-refractivity contribution in [3.05, 3.63) is 68.2 Å². The van der Waals surface area contributed by atoms with Crippen LogP contribution in [0.4, 0.5) is 0 Å². The standard InChI is InChI=1S/C20H21ClN4O5S/c21-14-1-3-15(4-2-14)30-12-11-24-7-9-25(10-8-24)31(28,29)16-5-6-17-18(13-16)23-20(27)19(26)22-17/h1-6,13H,7-12H2,(H,22,26)(H,23,27). The number of nitrogens with zero attached hydrogens (tertiary/aromatic N) is 2. The maximum Gasteiger partial charge on any atom is 0.314 e. The molecule has 31 heavy (non-hydrogen) atoms. The summed E-state index contributed by atoms with van der Waals surface area (Å²) in [6.07, 6.45) is 0. The van der Waals surface area contributed by atoms with Gasteiger partial charge in [0.25, 0.3) is 0 Å². The molecule has 0 unspecified atom stereocenters. The summed E-state index contributed by atoms with van der Waals surface area (Å²) in [5.74, 6) is 0.737. The molecule has 0 amide bonds. The van der Waals surface area contributed by atoms with Gasteiger partial charge in [-0.05, 0) is 42.5 Å². The molecular formula is C20H21ClN4O5S. The van der Waals surface area contributed by atoms with Gasteiger partial charge in [-0.25, -0.2) is 8.42 Å². The number of nitrogens with one attached hydrogen (secondary N) is 2. The maximum absolute atomic E-state index is 13.0. The highest BCUT2D eigenvalue weighted by Gasteiger charge is 2.28. The van der Waals surface area contributed by atoms with E-state index in [-0.39, 0.29) is 10.4 Å². The van der Waals surface area contributed by atoms with Crippen LogP contribution >= 0.6 is 11.6 Å². The average Bonchev–Trinajstić information content (AvgIpc) is 2.76. The lowest BCUT2D eigenvalue weighted by Gasteiger charge is -2.33. The molecule has 0 bridgehead atoms. The summed E-state index contributed by atoms with van der Waals surface area (Å²) >= 11 is 5.86. The third-order valence-corrected chi connectivity index (χ3v) is 7.30. The fourth-order valence-electron chi connectivity index (χ4n) is 3.42. The molecule has 1 fully saturated rings. The Morgan fingerprint density at radius 2 is 1.55 bits per heavy atom. The summed E-state index contributed by atoms with van der Waals surface area (Å²) in [4.78, 5) is 30.0. The zero-order valence-electron chi connectivity index (χ0n) is 16.5. The molecule has 1 aliphatic rings. The second-order valence-electron chi connectivity index (χ2n) is 7.16. The Bertz CT molecular complexity index is 1300. The van der Waals surface area contributed by atoms with E-state index in [9.17, 15) is 18.0 Å². The van der Waals surface area contributed by atoms with Gasteiger partial charge in [0.15, 0.2) is 0 Å². The van der Waals surface area contributed by atoms with Crippen molar-refractivity contribution in [1.82, 2.24) is 19.2 Å². The number of aromatic nitrogens is 2. The quantitative estimate of drug-likeness (QED) is 0.530. The summed E-state index contributed by atoms with van der Waals surface area (Å²) in [6, 6.07) is 11.4. The number of ether oxygens (including phenoxy) is 1. The molecule has 164 valence electrons. The highest BCUT2D eigenvalue weighted by molar-refractivity contribution is 7.89. The van der Waals surface area contributed by atoms with Gasteiger partial charge in [0.2, 0.25) is 10.0 Å². The van der Waals surface area contributed by atoms with Crippen LogP contribution in [0.25, 0.3) is 11.0 Å². The molecule has 0 atom stereocenters. The number of aromatic amines is 2. The maximum atomic E-state index is 13.0. The van der Waals surface area contributed by atoms with Crippen LogP contribution in [0.3, 0.4) is 0 Å². The molecule has 2 aromatic carbocycles. The fraction of sp³-hybridized carbons (Fsp3) is 0.300. The molecule has 1 aromatic heterocycles. The van der Waals surface area contributed by atoms with Gasteiger partial charge < -0.3 is 14.7 Å². The van der Waals surface area contributed by atoms with Gasteiger partial charge in [0.05, 0.1) is 15.9 Å². The lowest BCUT2D eigenvalue weighted by atomic mass is 10.3. The van der Waals surface area contributed by atoms with Crippen LogP contribution in [0.1, 0.15) is 0 Å². The Labute approximate surface area is 183 Å². The molecule has 1 aliphatic heterocycles. The van der Waals surface area contributed by atoms with Gasteiger partial charge in [-0.15, -0.1) is 0 Å². The largest absolute Gasteiger partial charge is 0.492 e. The van der Waals surface area contributed by atoms with Crippen molar-refractivity contribution < 1.29 is 13.2 Å². The number of fused-ring (bicyclic) bond motifs is 1. The van der Waals surface area contributed by atoms with E-state index in [0.29, 0.717) is 49.9 Å². The van der Waals surface area contributed by atoms with Crippen LogP contribution in [0, 0.1) is 0 Å². The smallest absolute Gasteiger partial charge is 0.314 e. The van der Waals surface area contributed by atoms with Crippen molar-refractivity contribution in [1.29, 1.82) is 0 Å². The Balaban J connectivity index is 1.36. The normalized spacial score (nSPS) is 15.9. The van der Waals surface area contributed by atoms with Crippen molar-refractivity contribution in [3.63, 3.8) is 0 Å². The summed E-state index contributed by atoms with van der Waals surface area (Å²) in [5.41, 5.74) is -0.964. The van der Waals surface area contributed by atoms with Crippen molar-refractivity contribution in [3.8, 4) is 5.75 Å². The van der Waals surface area contributed by atoms with Crippen LogP contribution in [0.15, 0.2) is 56.9 Å². The number of H-pyrrole nitrogens is 2. The molecule has 9 nitrogen and oxygen atoms in total. The highest BCUT2D eigenvalue weighted by atomic mass is 35.5. The molecule has 1 saturated heterocycles. The lowest BCUT2D eigenvalue weighted by molar-refractivity contribution is 0.159. The molecule has 0 saturated carbocycles. The third-order valence-electron chi connectivity index (χ3n) is 5.15. The third kappa shape index (κ3) is 4.82. The molecule has 0 aliphatic carbocycles. The minimum absolute atomic E-state index is 0.0715. The molecule has 0 radical (unpaired) electrons. The molecule has 4 rings (SSSR count). The first-order chi connectivity index (χ1) is 14.8. The van der Waals surface area contributed by atoms with Gasteiger partial charge in [0.1, 0.15) is 12.4 Å². The zero-order chi connectivity index (χ0) is 22.0. The number of benzene rings is 2. The molecule has 3 aromatic rings. The van der Waals surface area contributed by atoms with Crippen molar-refractivity contribution in [2.75, 3.05) is 39.3 Å². The van der Waals surface area contributed by atoms with Crippen molar-refractivity contribution in [2.24, 2.45) is 0 Å². The van der Waals surface area contributed by atoms with Crippen LogP contribution < -0.4 is 15.9 Å². The minimum Gasteiger partial charge on any atom is -0.492 e. The SMILES string of the molecule is O=c1[nH]c2ccc(S(=O)(=O)N3CCN(CCOc4ccc(Cl)cc4)CC3)cc2[nH]c1=O. The first kappa shape index (κ1) is 21.6. The van der Waals surface area contributed by atoms with Crippen molar-refractivity contribution in [2.45, 2.75) is 4.90 Å². The number of sulfonamides is 1. The zero-order valence-corrected chi connectivity index (χ0v) is 18.1. The minimum atomic E-state index is -3.72. The molecule has 0 spiro atoms. The monoisotopic (exact) mass is 464 g/mol. The van der Waals surface area contributed by atoms with Crippen LogP contribution in [-0.2, 0) is 10.0 Å². The van der Waals surface area contributed by atoms with E-state index in [1.807, 2.05) is 0 Å². The Morgan fingerprint density at radius 1 is 0.903 bits per heavy atom. The Morgan fingerprint density at radius 3 is 2.23 bits per heavy atom.